The summed E-state index contributed by atoms with van der Waals surface area (Å²) in [5, 5.41) is 38.0. The lowest BCUT2D eigenvalue weighted by Gasteiger charge is -2.39. The van der Waals surface area contributed by atoms with E-state index in [4.69, 9.17) is 14.6 Å². The normalized spacial score (nSPS) is 34.0. The van der Waals surface area contributed by atoms with Crippen LogP contribution in [0.15, 0.2) is 6.20 Å². The Balaban J connectivity index is 2.08. The first kappa shape index (κ1) is 14.9. The highest BCUT2D eigenvalue weighted by atomic mass is 16.7. The highest BCUT2D eigenvalue weighted by Gasteiger charge is 2.45. The summed E-state index contributed by atoms with van der Waals surface area (Å²) in [7, 11) is 0. The number of aliphatic hydroxyl groups is 4. The number of carbonyl (C=O) groups is 1. The monoisotopic (exact) mass is 288 g/mol. The number of ketones is 1. The maximum Gasteiger partial charge on any atom is 0.296 e. The zero-order valence-corrected chi connectivity index (χ0v) is 10.6. The molecule has 1 aliphatic heterocycles. The zero-order valence-electron chi connectivity index (χ0n) is 10.6. The van der Waals surface area contributed by atoms with Crippen molar-refractivity contribution in [3.63, 3.8) is 0 Å². The van der Waals surface area contributed by atoms with E-state index in [0.29, 0.717) is 0 Å². The van der Waals surface area contributed by atoms with E-state index in [1.165, 1.54) is 13.1 Å². The maximum atomic E-state index is 11.1. The second-order valence-electron chi connectivity index (χ2n) is 4.47. The van der Waals surface area contributed by atoms with Crippen LogP contribution < -0.4 is 4.74 Å². The fraction of sp³-hybridized carbons (Fsp3) is 0.636. The van der Waals surface area contributed by atoms with Crippen molar-refractivity contribution in [2.45, 2.75) is 37.6 Å². The predicted octanol–water partition coefficient (Wildman–Crippen LogP) is -2.21. The van der Waals surface area contributed by atoms with Crippen LogP contribution in [0.25, 0.3) is 0 Å². The van der Waals surface area contributed by atoms with Gasteiger partial charge in [-0.05, 0) is 0 Å². The smallest absolute Gasteiger partial charge is 0.296 e. The summed E-state index contributed by atoms with van der Waals surface area (Å²) in [5.74, 6) is -0.249. The van der Waals surface area contributed by atoms with Gasteiger partial charge in [0, 0.05) is 6.92 Å². The van der Waals surface area contributed by atoms with Gasteiger partial charge in [-0.1, -0.05) is 0 Å². The molecule has 1 aromatic heterocycles. The van der Waals surface area contributed by atoms with Gasteiger partial charge in [-0.25, -0.2) is 4.98 Å². The molecule has 1 aromatic rings. The molecule has 5 atom stereocenters. The molecule has 0 aromatic carbocycles. The van der Waals surface area contributed by atoms with Crippen molar-refractivity contribution in [1.29, 1.82) is 0 Å². The van der Waals surface area contributed by atoms with Gasteiger partial charge in [0.25, 0.3) is 6.01 Å². The van der Waals surface area contributed by atoms with E-state index in [1.54, 1.807) is 0 Å². The molecule has 0 radical (unpaired) electrons. The average Bonchev–Trinajstić information content (AvgIpc) is 2.88. The lowest BCUT2D eigenvalue weighted by atomic mass is 9.99. The third kappa shape index (κ3) is 2.81. The SMILES string of the molecule is CC(=O)c1cnc(OC2OC(CO)C(O)C(O)C2O)[nH]1. The molecule has 112 valence electrons. The molecule has 1 fully saturated rings. The lowest BCUT2D eigenvalue weighted by Crippen LogP contribution is -2.60. The molecule has 2 rings (SSSR count). The number of ether oxygens (including phenoxy) is 2. The number of imidazole rings is 1. The number of rotatable bonds is 4. The van der Waals surface area contributed by atoms with Crippen LogP contribution in [0.3, 0.4) is 0 Å². The third-order valence-electron chi connectivity index (χ3n) is 3.01. The minimum atomic E-state index is -1.53. The Hall–Kier alpha value is -1.52. The summed E-state index contributed by atoms with van der Waals surface area (Å²) in [4.78, 5) is 17.4. The van der Waals surface area contributed by atoms with Gasteiger partial charge in [-0.2, -0.15) is 0 Å². The molecule has 5 unspecified atom stereocenters. The lowest BCUT2D eigenvalue weighted by molar-refractivity contribution is -0.278. The quantitative estimate of drug-likeness (QED) is 0.392. The van der Waals surface area contributed by atoms with Crippen molar-refractivity contribution in [2.75, 3.05) is 6.61 Å². The van der Waals surface area contributed by atoms with E-state index in [-0.39, 0.29) is 17.5 Å². The number of nitrogens with one attached hydrogen (secondary N) is 1. The van der Waals surface area contributed by atoms with Gasteiger partial charge < -0.3 is 34.9 Å². The van der Waals surface area contributed by atoms with Crippen molar-refractivity contribution in [3.05, 3.63) is 11.9 Å². The Morgan fingerprint density at radius 2 is 2.10 bits per heavy atom. The van der Waals surface area contributed by atoms with Crippen LogP contribution in [0.5, 0.6) is 6.01 Å². The number of carbonyl (C=O) groups excluding carboxylic acids is 1. The van der Waals surface area contributed by atoms with Gasteiger partial charge in [-0.15, -0.1) is 0 Å². The number of aromatic amines is 1. The highest BCUT2D eigenvalue weighted by Crippen LogP contribution is 2.22. The third-order valence-corrected chi connectivity index (χ3v) is 3.01. The minimum absolute atomic E-state index is 0.0838. The summed E-state index contributed by atoms with van der Waals surface area (Å²) < 4.78 is 10.3. The molecule has 1 saturated heterocycles. The van der Waals surface area contributed by atoms with Gasteiger partial charge in [-0.3, -0.25) is 4.79 Å². The number of nitrogens with zero attached hydrogens (tertiary/aromatic N) is 1. The number of aromatic nitrogens is 2. The molecular formula is C11H16N2O7. The Morgan fingerprint density at radius 1 is 1.40 bits per heavy atom. The molecule has 0 bridgehead atoms. The Kier molecular flexibility index (Phi) is 4.35. The van der Waals surface area contributed by atoms with Crippen LogP contribution in [-0.2, 0) is 4.74 Å². The molecule has 0 spiro atoms. The molecule has 0 saturated carbocycles. The second kappa shape index (κ2) is 5.85. The second-order valence-corrected chi connectivity index (χ2v) is 4.47. The van der Waals surface area contributed by atoms with E-state index in [9.17, 15) is 20.1 Å². The van der Waals surface area contributed by atoms with Gasteiger partial charge >= 0.3 is 0 Å². The van der Waals surface area contributed by atoms with Crippen LogP contribution in [0.2, 0.25) is 0 Å². The van der Waals surface area contributed by atoms with E-state index < -0.39 is 37.3 Å². The first-order chi connectivity index (χ1) is 9.43. The summed E-state index contributed by atoms with van der Waals surface area (Å²) in [6.45, 7) is 0.785. The highest BCUT2D eigenvalue weighted by molar-refractivity contribution is 5.91. The topological polar surface area (TPSA) is 145 Å². The van der Waals surface area contributed by atoms with Crippen molar-refractivity contribution < 1.29 is 34.7 Å². The van der Waals surface area contributed by atoms with Crippen molar-refractivity contribution in [1.82, 2.24) is 9.97 Å². The molecule has 0 aliphatic carbocycles. The number of H-pyrrole nitrogens is 1. The van der Waals surface area contributed by atoms with E-state index >= 15 is 0 Å². The number of hydrogen-bond donors (Lipinski definition) is 5. The first-order valence-electron chi connectivity index (χ1n) is 5.97. The molecular weight excluding hydrogens is 272 g/mol. The van der Waals surface area contributed by atoms with Gasteiger partial charge in [0.15, 0.2) is 5.78 Å². The summed E-state index contributed by atoms with van der Waals surface area (Å²) in [5.41, 5.74) is 0.213. The van der Waals surface area contributed by atoms with E-state index in [0.717, 1.165) is 0 Å². The van der Waals surface area contributed by atoms with Crippen LogP contribution in [0, 0.1) is 0 Å². The van der Waals surface area contributed by atoms with E-state index in [1.807, 2.05) is 0 Å². The molecule has 20 heavy (non-hydrogen) atoms. The largest absolute Gasteiger partial charge is 0.432 e. The van der Waals surface area contributed by atoms with E-state index in [2.05, 4.69) is 9.97 Å². The molecule has 9 heteroatoms. The van der Waals surface area contributed by atoms with Crippen molar-refractivity contribution in [2.24, 2.45) is 0 Å². The van der Waals surface area contributed by atoms with Crippen LogP contribution in [0.4, 0.5) is 0 Å². The predicted molar refractivity (Wildman–Crippen MR) is 63.0 cm³/mol. The summed E-state index contributed by atoms with van der Waals surface area (Å²) in [6.07, 6.45) is -5.68. The van der Waals surface area contributed by atoms with Crippen molar-refractivity contribution in [3.8, 4) is 6.01 Å². The maximum absolute atomic E-state index is 11.1. The molecule has 5 N–H and O–H groups in total. The standard InChI is InChI=1S/C11H16N2O7/c1-4(15)5-2-12-11(13-5)20-10-9(18)8(17)7(16)6(3-14)19-10/h2,6-10,14,16-18H,3H2,1H3,(H,12,13). The Bertz CT molecular complexity index is 475. The fourth-order valence-electron chi connectivity index (χ4n) is 1.82. The summed E-state index contributed by atoms with van der Waals surface area (Å²) in [6, 6.07) is -0.0838. The summed E-state index contributed by atoms with van der Waals surface area (Å²) >= 11 is 0. The Morgan fingerprint density at radius 3 is 2.65 bits per heavy atom. The van der Waals surface area contributed by atoms with Crippen LogP contribution >= 0.6 is 0 Å². The van der Waals surface area contributed by atoms with Crippen molar-refractivity contribution >= 4 is 5.78 Å². The molecule has 9 nitrogen and oxygen atoms in total. The van der Waals surface area contributed by atoms with Gasteiger partial charge in [0.05, 0.1) is 12.8 Å². The molecule has 2 heterocycles. The fourth-order valence-corrected chi connectivity index (χ4v) is 1.82. The average molecular weight is 288 g/mol. The van der Waals surface area contributed by atoms with Crippen LogP contribution in [-0.4, -0.2) is 73.5 Å². The van der Waals surface area contributed by atoms with Crippen LogP contribution in [0.1, 0.15) is 17.4 Å². The number of Topliss-reactive ketones (excluding diaryl/α,β-unsaturated/α-hetero) is 1. The first-order valence-corrected chi connectivity index (χ1v) is 5.97. The number of aliphatic hydroxyl groups excluding tert-OH is 4. The zero-order chi connectivity index (χ0) is 14.9. The van der Waals surface area contributed by atoms with Gasteiger partial charge in [0.1, 0.15) is 30.1 Å². The number of hydrogen-bond acceptors (Lipinski definition) is 8. The Labute approximate surface area is 113 Å². The minimum Gasteiger partial charge on any atom is -0.432 e. The van der Waals surface area contributed by atoms with Gasteiger partial charge in [0.2, 0.25) is 6.29 Å². The molecule has 1 aliphatic rings. The molecule has 0 amide bonds.